The Kier molecular flexibility index (Phi) is 3.98. The van der Waals surface area contributed by atoms with E-state index < -0.39 is 0 Å². The Morgan fingerprint density at radius 1 is 0.962 bits per heavy atom. The van der Waals surface area contributed by atoms with Crippen molar-refractivity contribution in [3.63, 3.8) is 0 Å². The SMILES string of the molecule is O=C(NCC1CC2c3ccccc3C1c1ccccc12)c1ccc(Br)s1. The summed E-state index contributed by atoms with van der Waals surface area (Å²) in [4.78, 5) is 13.2. The minimum Gasteiger partial charge on any atom is -0.351 e. The molecule has 1 amide bonds. The van der Waals surface area contributed by atoms with Crippen LogP contribution in [0, 0.1) is 5.92 Å². The van der Waals surface area contributed by atoms with Crippen LogP contribution in [0.4, 0.5) is 0 Å². The molecule has 130 valence electrons. The molecule has 3 aromatic rings. The summed E-state index contributed by atoms with van der Waals surface area (Å²) in [6, 6.07) is 21.5. The summed E-state index contributed by atoms with van der Waals surface area (Å²) in [5, 5.41) is 3.18. The minimum atomic E-state index is 0.0312. The summed E-state index contributed by atoms with van der Waals surface area (Å²) in [6.07, 6.45) is 1.10. The lowest BCUT2D eigenvalue weighted by Crippen LogP contribution is -2.39. The highest BCUT2D eigenvalue weighted by Gasteiger charge is 2.42. The third-order valence-electron chi connectivity index (χ3n) is 5.74. The zero-order valence-electron chi connectivity index (χ0n) is 14.1. The summed E-state index contributed by atoms with van der Waals surface area (Å²) < 4.78 is 0.988. The molecule has 1 heterocycles. The Bertz CT molecular complexity index is 948. The zero-order chi connectivity index (χ0) is 17.7. The van der Waals surface area contributed by atoms with E-state index in [9.17, 15) is 4.79 Å². The number of amides is 1. The van der Waals surface area contributed by atoms with Crippen LogP contribution in [0.5, 0.6) is 0 Å². The molecule has 2 nitrogen and oxygen atoms in total. The molecule has 3 aliphatic rings. The van der Waals surface area contributed by atoms with E-state index in [1.54, 1.807) is 0 Å². The molecule has 1 atom stereocenters. The van der Waals surface area contributed by atoms with Crippen LogP contribution in [-0.2, 0) is 0 Å². The quantitative estimate of drug-likeness (QED) is 0.588. The molecule has 0 saturated heterocycles. The van der Waals surface area contributed by atoms with Crippen molar-refractivity contribution in [1.82, 2.24) is 5.32 Å². The topological polar surface area (TPSA) is 29.1 Å². The Hall–Kier alpha value is -1.91. The molecule has 0 fully saturated rings. The number of nitrogens with one attached hydrogen (secondary N) is 1. The van der Waals surface area contributed by atoms with Crippen LogP contribution in [0.15, 0.2) is 64.5 Å². The first-order valence-electron chi connectivity index (χ1n) is 8.93. The third-order valence-corrected chi connectivity index (χ3v) is 7.37. The number of hydrogen-bond acceptors (Lipinski definition) is 2. The second kappa shape index (κ2) is 6.36. The van der Waals surface area contributed by atoms with Gasteiger partial charge >= 0.3 is 0 Å². The lowest BCUT2D eigenvalue weighted by Gasteiger charge is -2.45. The number of halogens is 1. The molecule has 1 aromatic heterocycles. The third kappa shape index (κ3) is 2.55. The lowest BCUT2D eigenvalue weighted by atomic mass is 9.59. The second-order valence-corrected chi connectivity index (χ2v) is 9.56. The maximum atomic E-state index is 12.5. The van der Waals surface area contributed by atoms with Gasteiger partial charge in [0.15, 0.2) is 0 Å². The Labute approximate surface area is 165 Å². The van der Waals surface area contributed by atoms with Gasteiger partial charge in [0.05, 0.1) is 8.66 Å². The van der Waals surface area contributed by atoms with Crippen molar-refractivity contribution in [1.29, 1.82) is 0 Å². The Morgan fingerprint density at radius 2 is 1.58 bits per heavy atom. The van der Waals surface area contributed by atoms with Crippen molar-refractivity contribution in [2.24, 2.45) is 5.92 Å². The molecule has 1 N–H and O–H groups in total. The maximum Gasteiger partial charge on any atom is 0.261 e. The fourth-order valence-electron chi connectivity index (χ4n) is 4.71. The van der Waals surface area contributed by atoms with E-state index in [1.807, 2.05) is 12.1 Å². The van der Waals surface area contributed by atoms with Gasteiger partial charge in [0.25, 0.3) is 5.91 Å². The lowest BCUT2D eigenvalue weighted by molar-refractivity contribution is 0.0947. The molecule has 0 aliphatic heterocycles. The van der Waals surface area contributed by atoms with Crippen molar-refractivity contribution in [2.75, 3.05) is 6.54 Å². The van der Waals surface area contributed by atoms with Crippen LogP contribution in [0.2, 0.25) is 0 Å². The molecule has 0 spiro atoms. The van der Waals surface area contributed by atoms with Crippen molar-refractivity contribution in [3.05, 3.63) is 91.6 Å². The number of benzene rings is 2. The van der Waals surface area contributed by atoms with Gasteiger partial charge in [-0.05, 0) is 62.7 Å². The molecule has 6 rings (SSSR count). The van der Waals surface area contributed by atoms with E-state index in [0.717, 1.165) is 21.6 Å². The summed E-state index contributed by atoms with van der Waals surface area (Å²) in [6.45, 7) is 0.720. The average Bonchev–Trinajstić information content (AvgIpc) is 3.13. The molecule has 0 saturated carbocycles. The van der Waals surface area contributed by atoms with Gasteiger partial charge in [-0.1, -0.05) is 48.5 Å². The molecular formula is C22H18BrNOS. The highest BCUT2D eigenvalue weighted by Crippen LogP contribution is 2.55. The minimum absolute atomic E-state index is 0.0312. The van der Waals surface area contributed by atoms with E-state index in [1.165, 1.54) is 33.6 Å². The van der Waals surface area contributed by atoms with Crippen LogP contribution in [0.25, 0.3) is 0 Å². The monoisotopic (exact) mass is 423 g/mol. The van der Waals surface area contributed by atoms with Crippen LogP contribution in [-0.4, -0.2) is 12.5 Å². The van der Waals surface area contributed by atoms with Gasteiger partial charge in [0.1, 0.15) is 0 Å². The van der Waals surface area contributed by atoms with Gasteiger partial charge in [0.2, 0.25) is 0 Å². The first kappa shape index (κ1) is 16.3. The summed E-state index contributed by atoms with van der Waals surface area (Å²) in [5.41, 5.74) is 5.84. The number of fused-ring (bicyclic) bond motifs is 1. The van der Waals surface area contributed by atoms with Crippen molar-refractivity contribution in [2.45, 2.75) is 18.3 Å². The van der Waals surface area contributed by atoms with E-state index in [-0.39, 0.29) is 5.91 Å². The normalized spacial score (nSPS) is 22.6. The summed E-state index contributed by atoms with van der Waals surface area (Å²) in [5.74, 6) is 1.30. The standard InChI is InChI=1S/C22H18BrNOS/c23-20-10-9-19(26-20)22(25)24-12-13-11-18-14-5-1-3-7-16(14)21(13)17-8-4-2-6-15(17)18/h1-10,13,18,21H,11-12H2,(H,24,25). The van der Waals surface area contributed by atoms with Crippen molar-refractivity contribution >= 4 is 33.2 Å². The van der Waals surface area contributed by atoms with Gasteiger partial charge in [-0.25, -0.2) is 0 Å². The molecule has 3 aliphatic carbocycles. The van der Waals surface area contributed by atoms with Crippen LogP contribution in [0.1, 0.15) is 50.2 Å². The van der Waals surface area contributed by atoms with Gasteiger partial charge < -0.3 is 5.32 Å². The fourth-order valence-corrected chi connectivity index (χ4v) is 6.01. The van der Waals surface area contributed by atoms with Gasteiger partial charge in [-0.3, -0.25) is 4.79 Å². The molecule has 2 aromatic carbocycles. The van der Waals surface area contributed by atoms with Gasteiger partial charge in [-0.15, -0.1) is 11.3 Å². The average molecular weight is 424 g/mol. The predicted molar refractivity (Wildman–Crippen MR) is 109 cm³/mol. The Morgan fingerprint density at radius 3 is 2.15 bits per heavy atom. The number of carbonyl (C=O) groups is 1. The highest BCUT2D eigenvalue weighted by molar-refractivity contribution is 9.11. The largest absolute Gasteiger partial charge is 0.351 e. The molecule has 26 heavy (non-hydrogen) atoms. The number of carbonyl (C=O) groups excluding carboxylic acids is 1. The number of hydrogen-bond donors (Lipinski definition) is 1. The van der Waals surface area contributed by atoms with Crippen LogP contribution < -0.4 is 5.32 Å². The molecule has 1 unspecified atom stereocenters. The zero-order valence-corrected chi connectivity index (χ0v) is 16.5. The first-order chi connectivity index (χ1) is 12.7. The molecule has 4 heteroatoms. The smallest absolute Gasteiger partial charge is 0.261 e. The van der Waals surface area contributed by atoms with E-state index in [4.69, 9.17) is 0 Å². The number of thiophene rings is 1. The van der Waals surface area contributed by atoms with E-state index in [2.05, 4.69) is 69.8 Å². The van der Waals surface area contributed by atoms with E-state index >= 15 is 0 Å². The molecule has 0 radical (unpaired) electrons. The Balaban J connectivity index is 1.44. The highest BCUT2D eigenvalue weighted by atomic mass is 79.9. The summed E-state index contributed by atoms with van der Waals surface area (Å²) >= 11 is 4.91. The second-order valence-electron chi connectivity index (χ2n) is 7.10. The maximum absolute atomic E-state index is 12.5. The predicted octanol–water partition coefficient (Wildman–Crippen LogP) is 5.54. The van der Waals surface area contributed by atoms with Crippen molar-refractivity contribution in [3.8, 4) is 0 Å². The van der Waals surface area contributed by atoms with Crippen molar-refractivity contribution < 1.29 is 4.79 Å². The number of rotatable bonds is 3. The van der Waals surface area contributed by atoms with Gasteiger partial charge in [0, 0.05) is 18.4 Å². The van der Waals surface area contributed by atoms with Crippen LogP contribution >= 0.6 is 27.3 Å². The first-order valence-corrected chi connectivity index (χ1v) is 10.5. The van der Waals surface area contributed by atoms with Gasteiger partial charge in [-0.2, -0.15) is 0 Å². The fraction of sp³-hybridized carbons (Fsp3) is 0.227. The van der Waals surface area contributed by atoms with Crippen LogP contribution in [0.3, 0.4) is 0 Å². The molecule has 2 bridgehead atoms. The van der Waals surface area contributed by atoms with E-state index in [0.29, 0.717) is 17.8 Å². The summed E-state index contributed by atoms with van der Waals surface area (Å²) in [7, 11) is 0. The molecular weight excluding hydrogens is 406 g/mol.